The molecule has 6 heteroatoms. The van der Waals surface area contributed by atoms with Crippen LogP contribution in [0.15, 0.2) is 33.5 Å². The van der Waals surface area contributed by atoms with Crippen LogP contribution in [0.3, 0.4) is 0 Å². The van der Waals surface area contributed by atoms with Crippen molar-refractivity contribution in [2.75, 3.05) is 27.2 Å². The molecule has 2 rings (SSSR count). The highest BCUT2D eigenvalue weighted by atomic mass is 16.5. The molecule has 0 aliphatic carbocycles. The summed E-state index contributed by atoms with van der Waals surface area (Å²) in [5.41, 5.74) is 0.115. The summed E-state index contributed by atoms with van der Waals surface area (Å²) in [4.78, 5) is 26.2. The van der Waals surface area contributed by atoms with E-state index >= 15 is 0 Å². The summed E-state index contributed by atoms with van der Waals surface area (Å²) < 4.78 is 10.8. The molecular weight excluding hydrogens is 308 g/mol. The molecule has 0 spiro atoms. The maximum atomic E-state index is 12.4. The van der Waals surface area contributed by atoms with Crippen LogP contribution in [0.2, 0.25) is 0 Å². The first-order valence-electron chi connectivity index (χ1n) is 8.04. The van der Waals surface area contributed by atoms with E-state index < -0.39 is 5.63 Å². The fourth-order valence-corrected chi connectivity index (χ4v) is 2.37. The van der Waals surface area contributed by atoms with Gasteiger partial charge in [0, 0.05) is 24.1 Å². The van der Waals surface area contributed by atoms with Gasteiger partial charge >= 0.3 is 5.63 Å². The van der Waals surface area contributed by atoms with Gasteiger partial charge in [0.15, 0.2) is 0 Å². The van der Waals surface area contributed by atoms with Gasteiger partial charge in [0.1, 0.15) is 11.3 Å². The molecule has 0 bridgehead atoms. The minimum absolute atomic E-state index is 0.0114. The lowest BCUT2D eigenvalue weighted by atomic mass is 10.1. The van der Waals surface area contributed by atoms with Crippen molar-refractivity contribution < 1.29 is 13.9 Å². The summed E-state index contributed by atoms with van der Waals surface area (Å²) in [7, 11) is 3.96. The number of fused-ring (bicyclic) bond motifs is 1. The lowest BCUT2D eigenvalue weighted by Gasteiger charge is -2.12. The molecule has 0 aliphatic heterocycles. The second-order valence-corrected chi connectivity index (χ2v) is 6.22. The first-order chi connectivity index (χ1) is 11.4. The monoisotopic (exact) mass is 332 g/mol. The standard InChI is InChI=1S/C18H24N2O4/c1-12(2)23-13-6-7-14-15(11-17(21)24-16(14)10-13)18(22)19-8-5-9-20(3)4/h6-7,10-12H,5,8-9H2,1-4H3,(H,19,22). The Bertz CT molecular complexity index is 765. The molecule has 1 heterocycles. The second kappa shape index (κ2) is 7.97. The van der Waals surface area contributed by atoms with Crippen LogP contribution in [0.5, 0.6) is 5.75 Å². The van der Waals surface area contributed by atoms with Crippen LogP contribution in [0.25, 0.3) is 11.0 Å². The number of carbonyl (C=O) groups is 1. The van der Waals surface area contributed by atoms with Crippen molar-refractivity contribution in [1.82, 2.24) is 10.2 Å². The van der Waals surface area contributed by atoms with E-state index in [1.807, 2.05) is 27.9 Å². The average molecular weight is 332 g/mol. The van der Waals surface area contributed by atoms with Crippen LogP contribution in [0.4, 0.5) is 0 Å². The van der Waals surface area contributed by atoms with Crippen molar-refractivity contribution in [3.8, 4) is 5.75 Å². The fourth-order valence-electron chi connectivity index (χ4n) is 2.37. The highest BCUT2D eigenvalue weighted by Gasteiger charge is 2.14. The smallest absolute Gasteiger partial charge is 0.337 e. The van der Waals surface area contributed by atoms with Gasteiger partial charge < -0.3 is 19.4 Å². The molecule has 0 atom stereocenters. The molecule has 0 unspecified atom stereocenters. The molecule has 0 saturated carbocycles. The number of amides is 1. The van der Waals surface area contributed by atoms with E-state index in [-0.39, 0.29) is 12.0 Å². The van der Waals surface area contributed by atoms with Gasteiger partial charge in [0.2, 0.25) is 0 Å². The molecule has 0 fully saturated rings. The van der Waals surface area contributed by atoms with E-state index in [9.17, 15) is 9.59 Å². The van der Waals surface area contributed by atoms with Gasteiger partial charge in [0.05, 0.1) is 11.7 Å². The number of nitrogens with zero attached hydrogens (tertiary/aromatic N) is 1. The van der Waals surface area contributed by atoms with Crippen LogP contribution < -0.4 is 15.7 Å². The number of rotatable bonds is 7. The summed E-state index contributed by atoms with van der Waals surface area (Å²) >= 11 is 0. The van der Waals surface area contributed by atoms with Gasteiger partial charge in [-0.3, -0.25) is 4.79 Å². The second-order valence-electron chi connectivity index (χ2n) is 6.22. The maximum Gasteiger partial charge on any atom is 0.337 e. The Labute approximate surface area is 141 Å². The van der Waals surface area contributed by atoms with Gasteiger partial charge in [-0.15, -0.1) is 0 Å². The lowest BCUT2D eigenvalue weighted by Crippen LogP contribution is -2.28. The van der Waals surface area contributed by atoms with Crippen LogP contribution in [-0.4, -0.2) is 44.1 Å². The first-order valence-corrected chi connectivity index (χ1v) is 8.04. The molecule has 6 nitrogen and oxygen atoms in total. The van der Waals surface area contributed by atoms with E-state index in [4.69, 9.17) is 9.15 Å². The lowest BCUT2D eigenvalue weighted by molar-refractivity contribution is 0.0953. The number of hydrogen-bond acceptors (Lipinski definition) is 5. The molecular formula is C18H24N2O4. The number of nitrogens with one attached hydrogen (secondary N) is 1. The summed E-state index contributed by atoms with van der Waals surface area (Å²) in [6.45, 7) is 5.26. The Morgan fingerprint density at radius 3 is 2.71 bits per heavy atom. The molecule has 2 aromatic rings. The van der Waals surface area contributed by atoms with Gasteiger partial charge in [-0.05, 0) is 53.0 Å². The highest BCUT2D eigenvalue weighted by Crippen LogP contribution is 2.23. The third-order valence-corrected chi connectivity index (χ3v) is 3.40. The van der Waals surface area contributed by atoms with Crippen LogP contribution in [-0.2, 0) is 0 Å². The molecule has 130 valence electrons. The summed E-state index contributed by atoms with van der Waals surface area (Å²) in [5, 5.41) is 3.44. The minimum atomic E-state index is -0.553. The number of hydrogen-bond donors (Lipinski definition) is 1. The molecule has 24 heavy (non-hydrogen) atoms. The molecule has 0 radical (unpaired) electrons. The average Bonchev–Trinajstić information content (AvgIpc) is 2.49. The van der Waals surface area contributed by atoms with E-state index in [2.05, 4.69) is 10.2 Å². The predicted octanol–water partition coefficient (Wildman–Crippen LogP) is 2.26. The number of ether oxygens (including phenoxy) is 1. The SMILES string of the molecule is CC(C)Oc1ccc2c(C(=O)NCCCN(C)C)cc(=O)oc2c1. The Morgan fingerprint density at radius 2 is 2.04 bits per heavy atom. The maximum absolute atomic E-state index is 12.4. The predicted molar refractivity (Wildman–Crippen MR) is 93.8 cm³/mol. The topological polar surface area (TPSA) is 71.8 Å². The van der Waals surface area contributed by atoms with Crippen molar-refractivity contribution in [3.05, 3.63) is 40.2 Å². The molecule has 1 amide bonds. The zero-order chi connectivity index (χ0) is 17.7. The van der Waals surface area contributed by atoms with Crippen molar-refractivity contribution >= 4 is 16.9 Å². The van der Waals surface area contributed by atoms with Gasteiger partial charge in [-0.1, -0.05) is 0 Å². The van der Waals surface area contributed by atoms with E-state index in [1.165, 1.54) is 6.07 Å². The third kappa shape index (κ3) is 4.83. The van der Waals surface area contributed by atoms with Gasteiger partial charge in [-0.2, -0.15) is 0 Å². The quantitative estimate of drug-likeness (QED) is 0.622. The van der Waals surface area contributed by atoms with E-state index in [0.717, 1.165) is 13.0 Å². The zero-order valence-electron chi connectivity index (χ0n) is 14.6. The Kier molecular flexibility index (Phi) is 5.98. The van der Waals surface area contributed by atoms with Crippen LogP contribution in [0, 0.1) is 0 Å². The Morgan fingerprint density at radius 1 is 1.29 bits per heavy atom. The van der Waals surface area contributed by atoms with Crippen molar-refractivity contribution in [2.45, 2.75) is 26.4 Å². The van der Waals surface area contributed by atoms with E-state index in [1.54, 1.807) is 18.2 Å². The largest absolute Gasteiger partial charge is 0.491 e. The van der Waals surface area contributed by atoms with Gasteiger partial charge in [0.25, 0.3) is 5.91 Å². The van der Waals surface area contributed by atoms with Gasteiger partial charge in [-0.25, -0.2) is 4.79 Å². The normalized spacial score (nSPS) is 11.2. The molecule has 0 saturated heterocycles. The van der Waals surface area contributed by atoms with Crippen LogP contribution in [0.1, 0.15) is 30.6 Å². The molecule has 1 N–H and O–H groups in total. The minimum Gasteiger partial charge on any atom is -0.491 e. The zero-order valence-corrected chi connectivity index (χ0v) is 14.6. The molecule has 0 aliphatic rings. The third-order valence-electron chi connectivity index (χ3n) is 3.40. The van der Waals surface area contributed by atoms with Crippen molar-refractivity contribution in [2.24, 2.45) is 0 Å². The fraction of sp³-hybridized carbons (Fsp3) is 0.444. The van der Waals surface area contributed by atoms with Crippen molar-refractivity contribution in [3.63, 3.8) is 0 Å². The summed E-state index contributed by atoms with van der Waals surface area (Å²) in [5.74, 6) is 0.327. The highest BCUT2D eigenvalue weighted by molar-refractivity contribution is 6.05. The van der Waals surface area contributed by atoms with Crippen LogP contribution >= 0.6 is 0 Å². The number of benzene rings is 1. The molecule has 1 aromatic carbocycles. The Balaban J connectivity index is 2.23. The van der Waals surface area contributed by atoms with E-state index in [0.29, 0.717) is 28.8 Å². The summed E-state index contributed by atoms with van der Waals surface area (Å²) in [6.07, 6.45) is 0.849. The van der Waals surface area contributed by atoms with Crippen molar-refractivity contribution in [1.29, 1.82) is 0 Å². The first kappa shape index (κ1) is 18.0. The summed E-state index contributed by atoms with van der Waals surface area (Å²) in [6, 6.07) is 6.38. The molecule has 1 aromatic heterocycles. The number of carbonyl (C=O) groups excluding carboxylic acids is 1. The Hall–Kier alpha value is -2.34.